The van der Waals surface area contributed by atoms with E-state index in [0.717, 1.165) is 77.2 Å². The minimum absolute atomic E-state index is 0.972. The topological polar surface area (TPSA) is 51.9 Å². The first-order chi connectivity index (χ1) is 57.7. The zero-order valence-corrected chi connectivity index (χ0v) is 69.1. The van der Waals surface area contributed by atoms with Crippen LogP contribution in [0.2, 0.25) is 0 Å². The summed E-state index contributed by atoms with van der Waals surface area (Å²) in [5.74, 6) is 0. The summed E-state index contributed by atoms with van der Waals surface area (Å²) in [4.78, 5) is 16.0. The number of benzene rings is 18. The van der Waals surface area contributed by atoms with E-state index in [1.807, 2.05) is 0 Å². The van der Waals surface area contributed by atoms with Gasteiger partial charge in [0.15, 0.2) is 0 Å². The molecule has 0 unspecified atom stereocenters. The van der Waals surface area contributed by atoms with Gasteiger partial charge < -0.3 is 0 Å². The van der Waals surface area contributed by atoms with E-state index in [0.29, 0.717) is 0 Å². The Labute approximate surface area is 692 Å². The third-order valence-electron chi connectivity index (χ3n) is 23.5. The molecule has 18 aromatic carbocycles. The van der Waals surface area contributed by atoms with Gasteiger partial charge in [-0.05, 0) is 85.2 Å². The number of para-hydroxylation sites is 8. The molecule has 0 fully saturated rings. The van der Waals surface area contributed by atoms with Crippen molar-refractivity contribution in [1.82, 2.24) is 28.2 Å². The second kappa shape index (κ2) is 28.7. The SMILES string of the molecule is S=P(c1ccccc1)(c1ccccc1)c1cc2c(c3ccccc13)c1ccccc1n1c3ccccc3nc21.S=P(c1ccccc1)(c1ccccc1)c1cccc2c1nc1c3ccc4ccccc4c3c3ccccc3n21.[Se]=P(c1ccccc1)(c1ccccc1)c1cc2ccccc2c2c3ccccc3n3c4ccccc4nc3c12. The first kappa shape index (κ1) is 71.0. The molecule has 0 atom stereocenters. The predicted molar refractivity (Wildman–Crippen MR) is 512 cm³/mol. The normalized spacial score (nSPS) is 12.2. The molecule has 24 rings (SSSR count). The molecule has 6 nitrogen and oxygen atoms in total. The van der Waals surface area contributed by atoms with E-state index in [2.05, 4.69) is 447 Å². The number of nitrogens with zero attached hydrogens (tertiary/aromatic N) is 6. The monoisotopic (exact) mass is 1650 g/mol. The molecule has 0 aliphatic heterocycles. The van der Waals surface area contributed by atoms with Gasteiger partial charge in [-0.1, -0.05) is 260 Å². The van der Waals surface area contributed by atoms with Crippen molar-refractivity contribution in [3.8, 4) is 0 Å². The Bertz CT molecular complexity index is 8170. The van der Waals surface area contributed by atoms with Crippen molar-refractivity contribution in [3.05, 3.63) is 419 Å². The van der Waals surface area contributed by atoms with E-state index < -0.39 is 17.6 Å². The Morgan fingerprint density at radius 2 is 0.564 bits per heavy atom. The number of aromatic nitrogens is 6. The zero-order chi connectivity index (χ0) is 77.9. The van der Waals surface area contributed by atoms with Gasteiger partial charge in [0.2, 0.25) is 0 Å². The zero-order valence-electron chi connectivity index (χ0n) is 63.1. The first-order valence-corrected chi connectivity index (χ1v) is 48.9. The summed E-state index contributed by atoms with van der Waals surface area (Å²) < 4.78 is 7.02. The van der Waals surface area contributed by atoms with Crippen LogP contribution >= 0.6 is 17.6 Å². The summed E-state index contributed by atoms with van der Waals surface area (Å²) in [6.07, 6.45) is 0. The van der Waals surface area contributed by atoms with Crippen molar-refractivity contribution in [1.29, 1.82) is 0 Å². The summed E-state index contributed by atoms with van der Waals surface area (Å²) in [6.45, 7) is 0. The summed E-state index contributed by atoms with van der Waals surface area (Å²) in [5.41, 5.74) is 10.6. The number of pyridine rings is 3. The predicted octanol–water partition coefficient (Wildman–Crippen LogP) is 22.7. The maximum atomic E-state index is 6.86. The third-order valence-corrected chi connectivity index (χ3v) is 40.3. The molecule has 0 saturated heterocycles. The molecule has 6 aromatic heterocycles. The van der Waals surface area contributed by atoms with Crippen LogP contribution in [-0.2, 0) is 23.6 Å². The van der Waals surface area contributed by atoms with Crippen molar-refractivity contribution in [2.45, 2.75) is 0 Å². The number of hydrogen-bond donors (Lipinski definition) is 0. The standard InChI is InChI=1S/2C35H23N2PS.C35H23N2PSe/c39-38(24-13-3-1-4-14-24,25-15-5-2-6-16-25)33-23-29-34(27-18-8-7-17-26(27)33)28-19-9-11-21-31(28)37-32-22-12-10-20-30(32)36-35(29)37;39-38(25-13-3-1-4-14-25,26-15-5-2-6-16-26)32-21-11-20-31-34(32)36-35-29-23-22-24-12-7-8-17-27(24)33(29)28-18-9-10-19-30(28)37(31)35;39-38(25-14-3-1-4-15-25,26-16-5-2-6-17-26)32-23-24-13-7-8-18-27(24)33-28-19-9-11-21-30(28)37-31-22-12-10-20-29(31)36-35(37)34(32)33/h3*1-23H. The fourth-order valence-corrected chi connectivity index (χ4v) is 31.7. The molecular formula is C105H69N6P3S2Se. The molecule has 0 N–H and O–H groups in total. The molecule has 6 heterocycles. The molecule has 0 spiro atoms. The van der Waals surface area contributed by atoms with Gasteiger partial charge in [-0.15, -0.1) is 0 Å². The molecule has 0 aliphatic rings. The Balaban J connectivity index is 0.000000106. The Morgan fingerprint density at radius 1 is 0.214 bits per heavy atom. The molecule has 552 valence electrons. The quantitative estimate of drug-likeness (QED) is 0.0819. The van der Waals surface area contributed by atoms with Crippen LogP contribution in [0.3, 0.4) is 0 Å². The summed E-state index contributed by atoms with van der Waals surface area (Å²) >= 11 is 17.4. The van der Waals surface area contributed by atoms with E-state index in [9.17, 15) is 0 Å². The number of hydrogen-bond acceptors (Lipinski definition) is 5. The Hall–Kier alpha value is -12.6. The van der Waals surface area contributed by atoms with Crippen LogP contribution in [0.4, 0.5) is 0 Å². The molecule has 24 aromatic rings. The van der Waals surface area contributed by atoms with Crippen LogP contribution in [0.1, 0.15) is 0 Å². The average Bonchev–Trinajstić information content (AvgIpc) is 1.46. The van der Waals surface area contributed by atoms with Gasteiger partial charge >= 0.3 is 235 Å². The molecular weight excluding hydrogens is 1580 g/mol. The van der Waals surface area contributed by atoms with Crippen LogP contribution in [-0.4, -0.2) is 43.3 Å². The molecule has 0 bridgehead atoms. The van der Waals surface area contributed by atoms with E-state index in [1.54, 1.807) is 0 Å². The van der Waals surface area contributed by atoms with E-state index in [4.69, 9.17) is 38.6 Å². The summed E-state index contributed by atoms with van der Waals surface area (Å²) in [5, 5.41) is 29.4. The van der Waals surface area contributed by atoms with E-state index >= 15 is 0 Å². The molecule has 0 radical (unpaired) electrons. The second-order valence-electron chi connectivity index (χ2n) is 29.8. The van der Waals surface area contributed by atoms with Crippen molar-refractivity contribution in [2.24, 2.45) is 0 Å². The maximum absolute atomic E-state index is 6.86. The van der Waals surface area contributed by atoms with Crippen molar-refractivity contribution in [2.75, 3.05) is 0 Å². The Kier molecular flexibility index (Phi) is 17.4. The van der Waals surface area contributed by atoms with Gasteiger partial charge in [-0.2, -0.15) is 0 Å². The van der Waals surface area contributed by atoms with Gasteiger partial charge in [0.25, 0.3) is 0 Å². The molecule has 0 amide bonds. The van der Waals surface area contributed by atoms with Crippen LogP contribution < -0.4 is 47.7 Å². The van der Waals surface area contributed by atoms with Crippen LogP contribution in [0, 0.1) is 0 Å². The van der Waals surface area contributed by atoms with Crippen molar-refractivity contribution >= 4 is 251 Å². The van der Waals surface area contributed by atoms with E-state index in [1.165, 1.54) is 118 Å². The van der Waals surface area contributed by atoms with E-state index in [-0.39, 0.29) is 0 Å². The number of imidazole rings is 3. The van der Waals surface area contributed by atoms with Crippen molar-refractivity contribution < 1.29 is 0 Å². The number of rotatable bonds is 9. The summed E-state index contributed by atoms with van der Waals surface area (Å²) in [6, 6.07) is 145. The van der Waals surface area contributed by atoms with Gasteiger partial charge in [0.05, 0.1) is 33.1 Å². The van der Waals surface area contributed by atoms with Gasteiger partial charge in [0.1, 0.15) is 11.3 Å². The van der Waals surface area contributed by atoms with Crippen molar-refractivity contribution in [3.63, 3.8) is 0 Å². The fraction of sp³-hybridized carbons (Fsp3) is 0. The molecule has 0 aliphatic carbocycles. The molecule has 117 heavy (non-hydrogen) atoms. The van der Waals surface area contributed by atoms with Gasteiger partial charge in [0, 0.05) is 55.0 Å². The number of fused-ring (bicyclic) bond motifs is 30. The first-order valence-electron chi connectivity index (χ1n) is 39.3. The Morgan fingerprint density at radius 3 is 1.08 bits per heavy atom. The molecule has 0 saturated carbocycles. The van der Waals surface area contributed by atoms with Crippen LogP contribution in [0.5, 0.6) is 0 Å². The molecule has 12 heteroatoms. The second-order valence-corrected chi connectivity index (χ2v) is 44.7. The minimum atomic E-state index is -2.40. The van der Waals surface area contributed by atoms with Gasteiger partial charge in [-0.3, -0.25) is 8.80 Å². The van der Waals surface area contributed by atoms with Gasteiger partial charge in [-0.25, -0.2) is 9.97 Å². The fourth-order valence-electron chi connectivity index (χ4n) is 18.3. The summed E-state index contributed by atoms with van der Waals surface area (Å²) in [7, 11) is 0. The average molecular weight is 1650 g/mol. The van der Waals surface area contributed by atoms with Crippen LogP contribution in [0.15, 0.2) is 419 Å². The van der Waals surface area contributed by atoms with Crippen LogP contribution in [0.25, 0.3) is 147 Å². The third kappa shape index (κ3) is 11.2.